The van der Waals surface area contributed by atoms with E-state index in [1.54, 1.807) is 25.1 Å². The van der Waals surface area contributed by atoms with Gasteiger partial charge in [0.05, 0.1) is 0 Å². The van der Waals surface area contributed by atoms with Crippen molar-refractivity contribution < 1.29 is 14.1 Å². The first kappa shape index (κ1) is 17.1. The quantitative estimate of drug-likeness (QED) is 0.830. The highest BCUT2D eigenvalue weighted by Gasteiger charge is 2.38. The van der Waals surface area contributed by atoms with Crippen LogP contribution in [0.25, 0.3) is 0 Å². The summed E-state index contributed by atoms with van der Waals surface area (Å²) < 4.78 is 5.05. The van der Waals surface area contributed by atoms with E-state index in [9.17, 15) is 9.59 Å². The highest BCUT2D eigenvalue weighted by atomic mass is 35.5. The zero-order valence-electron chi connectivity index (χ0n) is 14.1. The lowest BCUT2D eigenvalue weighted by Gasteiger charge is -2.36. The molecule has 3 amide bonds. The van der Waals surface area contributed by atoms with E-state index in [-0.39, 0.29) is 18.0 Å². The molecule has 8 heteroatoms. The molecule has 2 atom stereocenters. The Kier molecular flexibility index (Phi) is 4.99. The summed E-state index contributed by atoms with van der Waals surface area (Å²) in [5, 5.41) is 3.93. The number of amides is 3. The molecule has 3 saturated heterocycles. The normalized spacial score (nSPS) is 23.3. The molecule has 0 spiro atoms. The number of urea groups is 1. The molecule has 3 fully saturated rings. The fraction of sp³-hybridized carbons (Fsp3) is 0.688. The van der Waals surface area contributed by atoms with Gasteiger partial charge in [0.15, 0.2) is 5.15 Å². The van der Waals surface area contributed by atoms with Gasteiger partial charge in [0.2, 0.25) is 5.91 Å². The number of fused-ring (bicyclic) bond motifs is 4. The van der Waals surface area contributed by atoms with Crippen molar-refractivity contribution in [3.05, 3.63) is 17.0 Å². The topological polar surface area (TPSA) is 69.9 Å². The first-order chi connectivity index (χ1) is 11.4. The Bertz CT molecular complexity index is 618. The van der Waals surface area contributed by atoms with Gasteiger partial charge in [-0.15, -0.1) is 0 Å². The lowest BCUT2D eigenvalue weighted by Crippen LogP contribution is -2.48. The maximum Gasteiger partial charge on any atom is 0.319 e. The first-order valence-corrected chi connectivity index (χ1v) is 8.68. The van der Waals surface area contributed by atoms with E-state index in [4.69, 9.17) is 16.1 Å². The summed E-state index contributed by atoms with van der Waals surface area (Å²) in [5.41, 5.74) is 0. The molecule has 0 saturated carbocycles. The van der Waals surface area contributed by atoms with Gasteiger partial charge in [-0.05, 0) is 18.8 Å². The zero-order chi connectivity index (χ0) is 17.3. The van der Waals surface area contributed by atoms with E-state index < -0.39 is 0 Å². The van der Waals surface area contributed by atoms with Crippen LogP contribution in [0.2, 0.25) is 5.15 Å². The van der Waals surface area contributed by atoms with Gasteiger partial charge in [0.25, 0.3) is 0 Å². The lowest BCUT2D eigenvalue weighted by molar-refractivity contribution is -0.135. The van der Waals surface area contributed by atoms with E-state index in [1.807, 2.05) is 9.80 Å². The van der Waals surface area contributed by atoms with Crippen LogP contribution in [0.4, 0.5) is 4.79 Å². The number of halogens is 1. The Morgan fingerprint density at radius 3 is 2.79 bits per heavy atom. The molecular weight excluding hydrogens is 332 g/mol. The van der Waals surface area contributed by atoms with Gasteiger partial charge in [-0.25, -0.2) is 4.79 Å². The molecule has 0 radical (unpaired) electrons. The maximum absolute atomic E-state index is 12.6. The van der Waals surface area contributed by atoms with Crippen LogP contribution in [0.5, 0.6) is 0 Å². The van der Waals surface area contributed by atoms with Crippen molar-refractivity contribution >= 4 is 23.5 Å². The van der Waals surface area contributed by atoms with Crippen LogP contribution in [0, 0.1) is 5.92 Å². The van der Waals surface area contributed by atoms with Crippen LogP contribution in [0.3, 0.4) is 0 Å². The molecule has 0 N–H and O–H groups in total. The summed E-state index contributed by atoms with van der Waals surface area (Å²) in [6, 6.07) is 1.77. The Morgan fingerprint density at radius 2 is 2.12 bits per heavy atom. The third-order valence-corrected chi connectivity index (χ3v) is 4.98. The van der Waals surface area contributed by atoms with E-state index in [0.717, 1.165) is 25.9 Å². The van der Waals surface area contributed by atoms with E-state index in [1.165, 1.54) is 0 Å². The molecule has 0 aliphatic carbocycles. The van der Waals surface area contributed by atoms with E-state index >= 15 is 0 Å². The molecule has 2 bridgehead atoms. The standard InChI is InChI=1S/C16H23ClN4O3/c1-19(2)16(23)20-8-11-3-4-12(10-20)21(9-11)15(22)6-5-13-7-14(17)18-24-13/h7,11-12H,3-6,8-10H2,1-2H3/t11-,12+/m0/s1. The third-order valence-electron chi connectivity index (χ3n) is 4.80. The highest BCUT2D eigenvalue weighted by Crippen LogP contribution is 2.29. The largest absolute Gasteiger partial charge is 0.360 e. The molecule has 0 unspecified atom stereocenters. The number of hydrogen-bond acceptors (Lipinski definition) is 4. The molecule has 3 aliphatic heterocycles. The number of aromatic nitrogens is 1. The Morgan fingerprint density at radius 1 is 1.33 bits per heavy atom. The van der Waals surface area contributed by atoms with Crippen molar-refractivity contribution in [1.29, 1.82) is 0 Å². The summed E-state index contributed by atoms with van der Waals surface area (Å²) in [6.07, 6.45) is 2.90. The molecule has 1 aromatic heterocycles. The molecule has 132 valence electrons. The second-order valence-corrected chi connectivity index (χ2v) is 7.23. The fourth-order valence-corrected chi connectivity index (χ4v) is 3.76. The van der Waals surface area contributed by atoms with Gasteiger partial charge in [0, 0.05) is 58.7 Å². The smallest absolute Gasteiger partial charge is 0.319 e. The molecule has 4 heterocycles. The van der Waals surface area contributed by atoms with Gasteiger partial charge >= 0.3 is 6.03 Å². The zero-order valence-corrected chi connectivity index (χ0v) is 14.8. The Balaban J connectivity index is 1.62. The van der Waals surface area contributed by atoms with E-state index in [2.05, 4.69) is 5.16 Å². The van der Waals surface area contributed by atoms with Crippen LogP contribution in [0.15, 0.2) is 10.6 Å². The predicted molar refractivity (Wildman–Crippen MR) is 88.7 cm³/mol. The predicted octanol–water partition coefficient (Wildman–Crippen LogP) is 1.86. The van der Waals surface area contributed by atoms with Crippen LogP contribution >= 0.6 is 11.6 Å². The average Bonchev–Trinajstić information content (AvgIpc) is 2.77. The molecule has 1 aromatic rings. The summed E-state index contributed by atoms with van der Waals surface area (Å²) >= 11 is 5.73. The van der Waals surface area contributed by atoms with Crippen molar-refractivity contribution in [2.24, 2.45) is 5.92 Å². The number of hydrogen-bond donors (Lipinski definition) is 0. The minimum Gasteiger partial charge on any atom is -0.360 e. The molecule has 0 aromatic carbocycles. The van der Waals surface area contributed by atoms with Crippen LogP contribution in [-0.2, 0) is 11.2 Å². The second kappa shape index (κ2) is 7.01. The van der Waals surface area contributed by atoms with Crippen molar-refractivity contribution in [1.82, 2.24) is 19.9 Å². The van der Waals surface area contributed by atoms with Gasteiger partial charge < -0.3 is 19.2 Å². The van der Waals surface area contributed by atoms with Gasteiger partial charge in [-0.2, -0.15) is 0 Å². The number of piperidine rings is 1. The Hall–Kier alpha value is -1.76. The number of carbonyl (C=O) groups excluding carboxylic acids is 2. The van der Waals surface area contributed by atoms with Gasteiger partial charge in [-0.1, -0.05) is 16.8 Å². The van der Waals surface area contributed by atoms with Crippen LogP contribution < -0.4 is 0 Å². The molecule has 24 heavy (non-hydrogen) atoms. The minimum atomic E-state index is 0.0255. The van der Waals surface area contributed by atoms with Crippen molar-refractivity contribution in [2.45, 2.75) is 31.7 Å². The monoisotopic (exact) mass is 354 g/mol. The van der Waals surface area contributed by atoms with Crippen LogP contribution in [-0.4, -0.2) is 71.6 Å². The Labute approximate surface area is 146 Å². The molecule has 4 rings (SSSR count). The molecule has 3 aliphatic rings. The van der Waals surface area contributed by atoms with Gasteiger partial charge in [-0.3, -0.25) is 4.79 Å². The maximum atomic E-state index is 12.6. The summed E-state index contributed by atoms with van der Waals surface area (Å²) in [7, 11) is 3.53. The summed E-state index contributed by atoms with van der Waals surface area (Å²) in [6.45, 7) is 2.08. The van der Waals surface area contributed by atoms with Gasteiger partial charge in [0.1, 0.15) is 5.76 Å². The number of aryl methyl sites for hydroxylation is 1. The highest BCUT2D eigenvalue weighted by molar-refractivity contribution is 6.29. The van der Waals surface area contributed by atoms with E-state index in [0.29, 0.717) is 36.2 Å². The number of nitrogens with zero attached hydrogens (tertiary/aromatic N) is 4. The first-order valence-electron chi connectivity index (χ1n) is 8.31. The average molecular weight is 355 g/mol. The fourth-order valence-electron chi connectivity index (χ4n) is 3.61. The van der Waals surface area contributed by atoms with Crippen molar-refractivity contribution in [3.63, 3.8) is 0 Å². The molecular formula is C16H23ClN4O3. The summed E-state index contributed by atoms with van der Waals surface area (Å²) in [4.78, 5) is 30.4. The number of carbonyl (C=O) groups is 2. The lowest BCUT2D eigenvalue weighted by atomic mass is 9.94. The SMILES string of the molecule is CN(C)C(=O)N1C[C@@H]2CC[C@H](C1)N(C(=O)CCc1cc(Cl)no1)C2. The van der Waals surface area contributed by atoms with Crippen molar-refractivity contribution in [3.8, 4) is 0 Å². The molecule has 7 nitrogen and oxygen atoms in total. The number of rotatable bonds is 3. The minimum absolute atomic E-state index is 0.0255. The van der Waals surface area contributed by atoms with Crippen molar-refractivity contribution in [2.75, 3.05) is 33.7 Å². The second-order valence-electron chi connectivity index (χ2n) is 6.84. The summed E-state index contributed by atoms with van der Waals surface area (Å²) in [5.74, 6) is 1.09. The van der Waals surface area contributed by atoms with Crippen LogP contribution in [0.1, 0.15) is 25.0 Å². The third kappa shape index (κ3) is 3.66.